The Labute approximate surface area is 143 Å². The summed E-state index contributed by atoms with van der Waals surface area (Å²) >= 11 is 0. The quantitative estimate of drug-likeness (QED) is 0.799. The third-order valence-corrected chi connectivity index (χ3v) is 4.36. The van der Waals surface area contributed by atoms with Gasteiger partial charge in [0.15, 0.2) is 0 Å². The molecule has 1 heterocycles. The predicted octanol–water partition coefficient (Wildman–Crippen LogP) is 2.73. The molecule has 4 rings (SSSR count). The molecule has 1 aliphatic rings. The van der Waals surface area contributed by atoms with Crippen LogP contribution in [0.5, 0.6) is 0 Å². The topological polar surface area (TPSA) is 64.0 Å². The van der Waals surface area contributed by atoms with Crippen molar-refractivity contribution in [2.24, 2.45) is 0 Å². The monoisotopic (exact) mass is 337 g/mol. The van der Waals surface area contributed by atoms with Crippen molar-refractivity contribution in [2.75, 3.05) is 0 Å². The van der Waals surface area contributed by atoms with E-state index >= 15 is 0 Å². The Kier molecular flexibility index (Phi) is 3.60. The first-order valence-corrected chi connectivity index (χ1v) is 8.12. The van der Waals surface area contributed by atoms with Crippen LogP contribution in [-0.4, -0.2) is 21.5 Å². The third-order valence-electron chi connectivity index (χ3n) is 4.36. The zero-order valence-electron chi connectivity index (χ0n) is 13.6. The number of carbonyl (C=O) groups excluding carboxylic acids is 1. The van der Waals surface area contributed by atoms with Crippen molar-refractivity contribution < 1.29 is 9.18 Å². The van der Waals surface area contributed by atoms with Crippen molar-refractivity contribution in [3.05, 3.63) is 70.0 Å². The normalized spacial score (nSPS) is 13.8. The first-order chi connectivity index (χ1) is 12.0. The second-order valence-corrected chi connectivity index (χ2v) is 6.33. The molecule has 1 amide bonds. The Morgan fingerprint density at radius 1 is 1.24 bits per heavy atom. The second-order valence-electron chi connectivity index (χ2n) is 6.33. The Bertz CT molecular complexity index is 1050. The van der Waals surface area contributed by atoms with Crippen LogP contribution in [0.25, 0.3) is 16.6 Å². The molecule has 6 heteroatoms. The molecule has 0 bridgehead atoms. The summed E-state index contributed by atoms with van der Waals surface area (Å²) in [5, 5.41) is 3.26. The zero-order chi connectivity index (χ0) is 17.6. The molecule has 2 aromatic carbocycles. The third kappa shape index (κ3) is 2.91. The van der Waals surface area contributed by atoms with Crippen molar-refractivity contribution in [2.45, 2.75) is 25.8 Å². The van der Waals surface area contributed by atoms with Crippen LogP contribution >= 0.6 is 0 Å². The number of aromatic nitrogens is 2. The van der Waals surface area contributed by atoms with E-state index in [1.54, 1.807) is 18.2 Å². The summed E-state index contributed by atoms with van der Waals surface area (Å²) < 4.78 is 14.7. The number of carbonyl (C=O) groups is 1. The minimum Gasteiger partial charge on any atom is -0.349 e. The number of benzene rings is 2. The van der Waals surface area contributed by atoms with E-state index in [4.69, 9.17) is 0 Å². The Morgan fingerprint density at radius 3 is 2.80 bits per heavy atom. The fourth-order valence-corrected chi connectivity index (χ4v) is 2.77. The average Bonchev–Trinajstić information content (AvgIpc) is 3.40. The van der Waals surface area contributed by atoms with Gasteiger partial charge in [-0.2, -0.15) is 0 Å². The molecule has 0 radical (unpaired) electrons. The van der Waals surface area contributed by atoms with Crippen molar-refractivity contribution in [1.29, 1.82) is 0 Å². The highest BCUT2D eigenvalue weighted by atomic mass is 19.1. The van der Waals surface area contributed by atoms with Gasteiger partial charge in [0.05, 0.1) is 16.6 Å². The lowest BCUT2D eigenvalue weighted by atomic mass is 10.1. The van der Waals surface area contributed by atoms with Gasteiger partial charge < -0.3 is 5.32 Å². The molecule has 0 aliphatic heterocycles. The molecule has 1 N–H and O–H groups in total. The van der Waals surface area contributed by atoms with Gasteiger partial charge in [0, 0.05) is 17.7 Å². The maximum atomic E-state index is 13.3. The molecule has 0 unspecified atom stereocenters. The van der Waals surface area contributed by atoms with Gasteiger partial charge in [-0.25, -0.2) is 9.37 Å². The summed E-state index contributed by atoms with van der Waals surface area (Å²) in [7, 11) is 0. The maximum absolute atomic E-state index is 13.3. The lowest BCUT2D eigenvalue weighted by Gasteiger charge is -2.12. The number of hydrogen-bond donors (Lipinski definition) is 1. The Hall–Kier alpha value is -3.02. The van der Waals surface area contributed by atoms with Crippen LogP contribution in [0.15, 0.2) is 47.5 Å². The number of aryl methyl sites for hydroxylation is 1. The fraction of sp³-hybridized carbons (Fsp3) is 0.211. The van der Waals surface area contributed by atoms with Gasteiger partial charge in [-0.05, 0) is 49.6 Å². The molecular weight excluding hydrogens is 321 g/mol. The zero-order valence-corrected chi connectivity index (χ0v) is 13.6. The molecule has 0 saturated heterocycles. The van der Waals surface area contributed by atoms with Gasteiger partial charge in [-0.1, -0.05) is 6.07 Å². The van der Waals surface area contributed by atoms with Crippen molar-refractivity contribution >= 4 is 16.8 Å². The molecule has 1 aliphatic carbocycles. The molecule has 1 saturated carbocycles. The van der Waals surface area contributed by atoms with Crippen LogP contribution in [0.4, 0.5) is 4.39 Å². The number of rotatable bonds is 3. The first-order valence-electron chi connectivity index (χ1n) is 8.12. The van der Waals surface area contributed by atoms with E-state index in [0.717, 1.165) is 18.4 Å². The van der Waals surface area contributed by atoms with E-state index in [9.17, 15) is 14.0 Å². The number of fused-ring (bicyclic) bond motifs is 1. The van der Waals surface area contributed by atoms with Gasteiger partial charge in [0.2, 0.25) is 0 Å². The van der Waals surface area contributed by atoms with Crippen LogP contribution in [-0.2, 0) is 0 Å². The first kappa shape index (κ1) is 15.5. The highest BCUT2D eigenvalue weighted by Crippen LogP contribution is 2.21. The van der Waals surface area contributed by atoms with Gasteiger partial charge in [0.25, 0.3) is 11.5 Å². The van der Waals surface area contributed by atoms with E-state index in [1.165, 1.54) is 29.1 Å². The van der Waals surface area contributed by atoms with Gasteiger partial charge in [-0.3, -0.25) is 14.2 Å². The average molecular weight is 337 g/mol. The smallest absolute Gasteiger partial charge is 0.265 e. The highest BCUT2D eigenvalue weighted by Gasteiger charge is 2.24. The highest BCUT2D eigenvalue weighted by molar-refractivity contribution is 5.95. The number of amides is 1. The van der Waals surface area contributed by atoms with Crippen LogP contribution in [0.3, 0.4) is 0 Å². The van der Waals surface area contributed by atoms with Crippen LogP contribution in [0, 0.1) is 12.7 Å². The van der Waals surface area contributed by atoms with Gasteiger partial charge >= 0.3 is 0 Å². The van der Waals surface area contributed by atoms with E-state index in [0.29, 0.717) is 22.2 Å². The second kappa shape index (κ2) is 5.81. The van der Waals surface area contributed by atoms with Crippen LogP contribution < -0.4 is 10.9 Å². The summed E-state index contributed by atoms with van der Waals surface area (Å²) in [4.78, 5) is 29.2. The molecule has 0 atom stereocenters. The summed E-state index contributed by atoms with van der Waals surface area (Å²) in [6.45, 7) is 1.86. The number of halogens is 1. The van der Waals surface area contributed by atoms with E-state index in [1.807, 2.05) is 6.92 Å². The van der Waals surface area contributed by atoms with Crippen LogP contribution in [0.1, 0.15) is 28.8 Å². The standard InChI is InChI=1S/C19H16FN3O2/c1-11-2-3-12(18(24)22-14-5-6-14)8-17(11)23-10-21-16-9-13(20)4-7-15(16)19(23)25/h2-4,7-10,14H,5-6H2,1H3,(H,22,24). The molecule has 5 nitrogen and oxygen atoms in total. The SMILES string of the molecule is Cc1ccc(C(=O)NC2CC2)cc1-n1cnc2cc(F)ccc2c1=O. The molecule has 0 spiro atoms. The molecule has 1 fully saturated rings. The van der Waals surface area contributed by atoms with Gasteiger partial charge in [-0.15, -0.1) is 0 Å². The number of hydrogen-bond acceptors (Lipinski definition) is 3. The molecule has 25 heavy (non-hydrogen) atoms. The Balaban J connectivity index is 1.82. The molecular formula is C19H16FN3O2. The minimum atomic E-state index is -0.438. The molecule has 126 valence electrons. The summed E-state index contributed by atoms with van der Waals surface area (Å²) in [6.07, 6.45) is 3.39. The van der Waals surface area contributed by atoms with Crippen LogP contribution in [0.2, 0.25) is 0 Å². The Morgan fingerprint density at radius 2 is 2.04 bits per heavy atom. The number of nitrogens with zero attached hydrogens (tertiary/aromatic N) is 2. The number of nitrogens with one attached hydrogen (secondary N) is 1. The fourth-order valence-electron chi connectivity index (χ4n) is 2.77. The lowest BCUT2D eigenvalue weighted by molar-refractivity contribution is 0.0951. The van der Waals surface area contributed by atoms with Gasteiger partial charge in [0.1, 0.15) is 12.1 Å². The van der Waals surface area contributed by atoms with E-state index in [-0.39, 0.29) is 17.5 Å². The minimum absolute atomic E-state index is 0.146. The van der Waals surface area contributed by atoms with Crippen molar-refractivity contribution in [3.8, 4) is 5.69 Å². The lowest BCUT2D eigenvalue weighted by Crippen LogP contribution is -2.26. The van der Waals surface area contributed by atoms with Crippen molar-refractivity contribution in [1.82, 2.24) is 14.9 Å². The maximum Gasteiger partial charge on any atom is 0.265 e. The van der Waals surface area contributed by atoms with E-state index < -0.39 is 5.82 Å². The largest absolute Gasteiger partial charge is 0.349 e. The predicted molar refractivity (Wildman–Crippen MR) is 92.5 cm³/mol. The van der Waals surface area contributed by atoms with E-state index in [2.05, 4.69) is 10.3 Å². The molecule has 1 aromatic heterocycles. The summed E-state index contributed by atoms with van der Waals surface area (Å²) in [5.41, 5.74) is 1.94. The molecule has 3 aromatic rings. The summed E-state index contributed by atoms with van der Waals surface area (Å²) in [5.74, 6) is -0.584. The van der Waals surface area contributed by atoms with Crippen molar-refractivity contribution in [3.63, 3.8) is 0 Å². The summed E-state index contributed by atoms with van der Waals surface area (Å²) in [6, 6.07) is 9.39.